The zero-order valence-corrected chi connectivity index (χ0v) is 16.0. The molecule has 3 aromatic rings. The Morgan fingerprint density at radius 2 is 1.48 bits per heavy atom. The fraction of sp³-hybridized carbons (Fsp3) is 0.0870. The van der Waals surface area contributed by atoms with Crippen LogP contribution in [0.2, 0.25) is 0 Å². The maximum Gasteiger partial charge on any atom is 0.336 e. The highest BCUT2D eigenvalue weighted by Gasteiger charge is 2.18. The van der Waals surface area contributed by atoms with E-state index < -0.39 is 11.9 Å². The maximum atomic E-state index is 12.8. The predicted octanol–water partition coefficient (Wildman–Crippen LogP) is 3.97. The largest absolute Gasteiger partial charge is 0.478 e. The summed E-state index contributed by atoms with van der Waals surface area (Å²) in [6, 6.07) is 18.7. The molecule has 0 radical (unpaired) electrons. The first kappa shape index (κ1) is 19.8. The van der Waals surface area contributed by atoms with Gasteiger partial charge in [0.15, 0.2) is 0 Å². The molecule has 6 heteroatoms. The third-order valence-electron chi connectivity index (χ3n) is 4.49. The SMILES string of the molecule is CNC(=O)c1cccc(-c2ccc(C(=O)O)c(C(=O)Nc3ccc(C)cc3)c2)c1. The summed E-state index contributed by atoms with van der Waals surface area (Å²) in [6.07, 6.45) is 0. The number of hydrogen-bond donors (Lipinski definition) is 3. The molecular weight excluding hydrogens is 368 g/mol. The summed E-state index contributed by atoms with van der Waals surface area (Å²) in [5.41, 5.74) is 3.37. The molecule has 146 valence electrons. The third kappa shape index (κ3) is 4.50. The zero-order chi connectivity index (χ0) is 21.0. The van der Waals surface area contributed by atoms with Crippen molar-refractivity contribution in [3.05, 3.63) is 89.0 Å². The molecule has 0 aliphatic carbocycles. The lowest BCUT2D eigenvalue weighted by Gasteiger charge is -2.11. The van der Waals surface area contributed by atoms with Crippen LogP contribution in [-0.4, -0.2) is 29.9 Å². The van der Waals surface area contributed by atoms with Gasteiger partial charge in [-0.05, 0) is 54.4 Å². The first-order valence-electron chi connectivity index (χ1n) is 8.97. The topological polar surface area (TPSA) is 95.5 Å². The molecule has 0 bridgehead atoms. The molecule has 0 aliphatic rings. The van der Waals surface area contributed by atoms with E-state index in [1.54, 1.807) is 49.5 Å². The van der Waals surface area contributed by atoms with Crippen molar-refractivity contribution >= 4 is 23.5 Å². The predicted molar refractivity (Wildman–Crippen MR) is 111 cm³/mol. The third-order valence-corrected chi connectivity index (χ3v) is 4.49. The summed E-state index contributed by atoms with van der Waals surface area (Å²) < 4.78 is 0. The Morgan fingerprint density at radius 3 is 2.14 bits per heavy atom. The van der Waals surface area contributed by atoms with E-state index in [2.05, 4.69) is 10.6 Å². The second kappa shape index (κ2) is 8.39. The molecule has 0 unspecified atom stereocenters. The molecule has 29 heavy (non-hydrogen) atoms. The first-order valence-corrected chi connectivity index (χ1v) is 8.97. The lowest BCUT2D eigenvalue weighted by molar-refractivity contribution is 0.0692. The van der Waals surface area contributed by atoms with Crippen molar-refractivity contribution in [3.63, 3.8) is 0 Å². The number of aromatic carboxylic acids is 1. The van der Waals surface area contributed by atoms with Crippen LogP contribution in [0.5, 0.6) is 0 Å². The molecule has 0 heterocycles. The summed E-state index contributed by atoms with van der Waals surface area (Å²) in [7, 11) is 1.55. The van der Waals surface area contributed by atoms with E-state index in [1.165, 1.54) is 12.1 Å². The summed E-state index contributed by atoms with van der Waals surface area (Å²) in [6.45, 7) is 1.94. The fourth-order valence-electron chi connectivity index (χ4n) is 2.92. The molecule has 0 saturated carbocycles. The number of carboxylic acid groups (broad SMARTS) is 1. The van der Waals surface area contributed by atoms with E-state index >= 15 is 0 Å². The van der Waals surface area contributed by atoms with Crippen molar-refractivity contribution in [2.75, 3.05) is 12.4 Å². The number of carbonyl (C=O) groups excluding carboxylic acids is 2. The van der Waals surface area contributed by atoms with Crippen LogP contribution in [0.15, 0.2) is 66.7 Å². The smallest absolute Gasteiger partial charge is 0.336 e. The average Bonchev–Trinajstić information content (AvgIpc) is 2.74. The number of carbonyl (C=O) groups is 3. The molecule has 6 nitrogen and oxygen atoms in total. The Hall–Kier alpha value is -3.93. The van der Waals surface area contributed by atoms with Crippen molar-refractivity contribution in [1.29, 1.82) is 0 Å². The van der Waals surface area contributed by atoms with E-state index in [9.17, 15) is 19.5 Å². The van der Waals surface area contributed by atoms with Crippen LogP contribution < -0.4 is 10.6 Å². The molecule has 0 aliphatic heterocycles. The number of rotatable bonds is 5. The Labute approximate surface area is 168 Å². The summed E-state index contributed by atoms with van der Waals surface area (Å²) >= 11 is 0. The molecule has 3 rings (SSSR count). The van der Waals surface area contributed by atoms with Gasteiger partial charge in [-0.1, -0.05) is 35.9 Å². The average molecular weight is 388 g/mol. The Morgan fingerprint density at radius 1 is 0.793 bits per heavy atom. The van der Waals surface area contributed by atoms with Crippen LogP contribution in [0.3, 0.4) is 0 Å². The molecule has 3 N–H and O–H groups in total. The summed E-state index contributed by atoms with van der Waals surface area (Å²) in [5, 5.41) is 14.8. The van der Waals surface area contributed by atoms with Crippen molar-refractivity contribution in [2.24, 2.45) is 0 Å². The number of aryl methyl sites for hydroxylation is 1. The van der Waals surface area contributed by atoms with Crippen molar-refractivity contribution < 1.29 is 19.5 Å². The van der Waals surface area contributed by atoms with Crippen LogP contribution in [0.1, 0.15) is 36.6 Å². The van der Waals surface area contributed by atoms with Gasteiger partial charge in [0, 0.05) is 18.3 Å². The van der Waals surface area contributed by atoms with Gasteiger partial charge in [-0.25, -0.2) is 4.79 Å². The van der Waals surface area contributed by atoms with Crippen molar-refractivity contribution in [2.45, 2.75) is 6.92 Å². The first-order chi connectivity index (χ1) is 13.9. The van der Waals surface area contributed by atoms with Crippen LogP contribution >= 0.6 is 0 Å². The van der Waals surface area contributed by atoms with Crippen LogP contribution in [0.4, 0.5) is 5.69 Å². The van der Waals surface area contributed by atoms with Gasteiger partial charge < -0.3 is 15.7 Å². The molecule has 0 atom stereocenters. The van der Waals surface area contributed by atoms with E-state index in [-0.39, 0.29) is 17.0 Å². The van der Waals surface area contributed by atoms with E-state index in [1.807, 2.05) is 19.1 Å². The highest BCUT2D eigenvalue weighted by atomic mass is 16.4. The zero-order valence-electron chi connectivity index (χ0n) is 16.0. The van der Waals surface area contributed by atoms with Gasteiger partial charge in [-0.15, -0.1) is 0 Å². The minimum atomic E-state index is -1.19. The molecule has 2 amide bonds. The summed E-state index contributed by atoms with van der Waals surface area (Å²) in [4.78, 5) is 36.3. The maximum absolute atomic E-state index is 12.8. The lowest BCUT2D eigenvalue weighted by atomic mass is 9.97. The minimum absolute atomic E-state index is 0.0425. The van der Waals surface area contributed by atoms with Gasteiger partial charge in [-0.3, -0.25) is 9.59 Å². The summed E-state index contributed by atoms with van der Waals surface area (Å²) in [5.74, 6) is -1.94. The molecule has 3 aromatic carbocycles. The Balaban J connectivity index is 2.00. The van der Waals surface area contributed by atoms with E-state index in [0.717, 1.165) is 5.56 Å². The van der Waals surface area contributed by atoms with Gasteiger partial charge in [0.1, 0.15) is 0 Å². The van der Waals surface area contributed by atoms with Gasteiger partial charge in [-0.2, -0.15) is 0 Å². The van der Waals surface area contributed by atoms with Crippen molar-refractivity contribution in [3.8, 4) is 11.1 Å². The number of hydrogen-bond acceptors (Lipinski definition) is 3. The second-order valence-corrected chi connectivity index (χ2v) is 6.55. The van der Waals surface area contributed by atoms with Crippen LogP contribution in [0.25, 0.3) is 11.1 Å². The highest BCUT2D eigenvalue weighted by Crippen LogP contribution is 2.25. The monoisotopic (exact) mass is 388 g/mol. The Kier molecular flexibility index (Phi) is 5.74. The number of carboxylic acids is 1. The van der Waals surface area contributed by atoms with Crippen LogP contribution in [-0.2, 0) is 0 Å². The molecule has 0 aromatic heterocycles. The number of nitrogens with one attached hydrogen (secondary N) is 2. The van der Waals surface area contributed by atoms with Gasteiger partial charge in [0.25, 0.3) is 11.8 Å². The Bertz CT molecular complexity index is 1090. The number of benzene rings is 3. The number of amides is 2. The van der Waals surface area contributed by atoms with E-state index in [4.69, 9.17) is 0 Å². The van der Waals surface area contributed by atoms with Crippen LogP contribution in [0, 0.1) is 6.92 Å². The van der Waals surface area contributed by atoms with Gasteiger partial charge in [0.05, 0.1) is 11.1 Å². The van der Waals surface area contributed by atoms with Gasteiger partial charge in [0.2, 0.25) is 0 Å². The minimum Gasteiger partial charge on any atom is -0.478 e. The molecule has 0 spiro atoms. The van der Waals surface area contributed by atoms with E-state index in [0.29, 0.717) is 22.4 Å². The molecule has 0 fully saturated rings. The standard InChI is InChI=1S/C23H20N2O4/c1-14-6-9-18(10-7-14)25-22(27)20-13-16(8-11-19(20)23(28)29)15-4-3-5-17(12-15)21(26)24-2/h3-13H,1-2H3,(H,24,26)(H,25,27)(H,28,29). The lowest BCUT2D eigenvalue weighted by Crippen LogP contribution is -2.17. The fourth-order valence-corrected chi connectivity index (χ4v) is 2.92. The highest BCUT2D eigenvalue weighted by molar-refractivity contribution is 6.11. The van der Waals surface area contributed by atoms with Gasteiger partial charge >= 0.3 is 5.97 Å². The normalized spacial score (nSPS) is 10.3. The molecular formula is C23H20N2O4. The molecule has 0 saturated heterocycles. The second-order valence-electron chi connectivity index (χ2n) is 6.55. The quantitative estimate of drug-likeness (QED) is 0.616. The number of anilines is 1. The van der Waals surface area contributed by atoms with Crippen molar-refractivity contribution in [1.82, 2.24) is 5.32 Å².